The fraction of sp³-hybridized carbons (Fsp3) is 0.667. The van der Waals surface area contributed by atoms with Crippen LogP contribution in [0.25, 0.3) is 0 Å². The Morgan fingerprint density at radius 2 is 2.12 bits per heavy atom. The van der Waals surface area contributed by atoms with E-state index in [0.717, 1.165) is 12.8 Å². The Balaban J connectivity index is 2.38. The van der Waals surface area contributed by atoms with Crippen LogP contribution in [0.4, 0.5) is 0 Å². The summed E-state index contributed by atoms with van der Waals surface area (Å²) >= 11 is 0. The van der Waals surface area contributed by atoms with Gasteiger partial charge < -0.3 is 4.98 Å². The van der Waals surface area contributed by atoms with Gasteiger partial charge in [-0.15, -0.1) is 0 Å². The number of nitrogens with one attached hydrogen (secondary N) is 1. The van der Waals surface area contributed by atoms with Gasteiger partial charge in [0.25, 0.3) is 0 Å². The van der Waals surface area contributed by atoms with Gasteiger partial charge >= 0.3 is 0 Å². The lowest BCUT2D eigenvalue weighted by Gasteiger charge is -2.18. The number of hydrogen-bond donors (Lipinski definition) is 1. The second-order valence-corrected chi connectivity index (χ2v) is 7.04. The summed E-state index contributed by atoms with van der Waals surface area (Å²) < 4.78 is 24.9. The molecule has 0 saturated heterocycles. The van der Waals surface area contributed by atoms with Crippen molar-refractivity contribution in [1.29, 1.82) is 0 Å². The van der Waals surface area contributed by atoms with E-state index >= 15 is 0 Å². The number of aromatic amines is 1. The molecule has 96 valence electrons. The van der Waals surface area contributed by atoms with Gasteiger partial charge in [0.15, 0.2) is 0 Å². The Labute approximate surface area is 103 Å². The van der Waals surface area contributed by atoms with Crippen molar-refractivity contribution in [2.45, 2.75) is 39.2 Å². The third kappa shape index (κ3) is 2.55. The molecule has 1 aromatic rings. The van der Waals surface area contributed by atoms with Crippen LogP contribution in [0, 0.1) is 0 Å². The van der Waals surface area contributed by atoms with Gasteiger partial charge in [-0.3, -0.25) is 0 Å². The largest absolute Gasteiger partial charge is 0.364 e. The molecule has 1 N–H and O–H groups in total. The van der Waals surface area contributed by atoms with E-state index in [0.29, 0.717) is 19.0 Å². The van der Waals surface area contributed by atoms with Gasteiger partial charge in [0, 0.05) is 25.0 Å². The Kier molecular flexibility index (Phi) is 3.32. The minimum atomic E-state index is -3.09. The fourth-order valence-electron chi connectivity index (χ4n) is 2.41. The highest BCUT2D eigenvalue weighted by Crippen LogP contribution is 2.27. The normalized spacial score (nSPS) is 18.1. The molecule has 1 aromatic heterocycles. The smallest absolute Gasteiger partial charge is 0.211 e. The van der Waals surface area contributed by atoms with Crippen LogP contribution in [0.1, 0.15) is 43.0 Å². The van der Waals surface area contributed by atoms with Crippen LogP contribution in [0.3, 0.4) is 0 Å². The topological polar surface area (TPSA) is 53.2 Å². The van der Waals surface area contributed by atoms with Crippen LogP contribution in [-0.4, -0.2) is 30.5 Å². The van der Waals surface area contributed by atoms with Crippen molar-refractivity contribution in [3.05, 3.63) is 23.0 Å². The standard InChI is InChI=1S/C12H20N2O2S/c1-9(2)10-7-13-12-5-4-6-14(8-11(10)12)17(3,15)16/h7,9,13H,4-6,8H2,1-3H3. The molecule has 0 bridgehead atoms. The molecule has 1 aliphatic rings. The molecule has 17 heavy (non-hydrogen) atoms. The molecule has 0 aromatic carbocycles. The Hall–Kier alpha value is -0.810. The van der Waals surface area contributed by atoms with E-state index in [9.17, 15) is 8.42 Å². The highest BCUT2D eigenvalue weighted by atomic mass is 32.2. The Bertz CT molecular complexity index is 503. The number of aromatic nitrogens is 1. The zero-order valence-electron chi connectivity index (χ0n) is 10.7. The average Bonchev–Trinajstić information content (AvgIpc) is 2.47. The molecule has 0 atom stereocenters. The SMILES string of the molecule is CC(C)c1c[nH]c2c1CN(S(C)(=O)=O)CCC2. The van der Waals surface area contributed by atoms with Gasteiger partial charge in [-0.25, -0.2) is 8.42 Å². The third-order valence-electron chi connectivity index (χ3n) is 3.37. The molecular formula is C12H20N2O2S. The van der Waals surface area contributed by atoms with E-state index in [1.807, 2.05) is 6.20 Å². The summed E-state index contributed by atoms with van der Waals surface area (Å²) in [5.41, 5.74) is 3.64. The molecule has 5 heteroatoms. The number of H-pyrrole nitrogens is 1. The summed E-state index contributed by atoms with van der Waals surface area (Å²) in [5.74, 6) is 0.425. The molecule has 1 aliphatic heterocycles. The van der Waals surface area contributed by atoms with Crippen LogP contribution in [0.2, 0.25) is 0 Å². The van der Waals surface area contributed by atoms with Gasteiger partial charge in [-0.05, 0) is 29.9 Å². The van der Waals surface area contributed by atoms with Crippen molar-refractivity contribution in [2.24, 2.45) is 0 Å². The maximum atomic E-state index is 11.7. The van der Waals surface area contributed by atoms with E-state index in [1.165, 1.54) is 23.1 Å². The minimum Gasteiger partial charge on any atom is -0.364 e. The lowest BCUT2D eigenvalue weighted by Crippen LogP contribution is -2.29. The molecule has 0 aliphatic carbocycles. The summed E-state index contributed by atoms with van der Waals surface area (Å²) in [5, 5.41) is 0. The van der Waals surface area contributed by atoms with Crippen LogP contribution in [0.15, 0.2) is 6.20 Å². The lowest BCUT2D eigenvalue weighted by molar-refractivity contribution is 0.412. The predicted molar refractivity (Wildman–Crippen MR) is 68.5 cm³/mol. The van der Waals surface area contributed by atoms with E-state index in [-0.39, 0.29) is 0 Å². The zero-order valence-corrected chi connectivity index (χ0v) is 11.5. The summed E-state index contributed by atoms with van der Waals surface area (Å²) in [6.07, 6.45) is 5.15. The molecule has 2 rings (SSSR count). The van der Waals surface area contributed by atoms with E-state index in [2.05, 4.69) is 18.8 Å². The zero-order chi connectivity index (χ0) is 12.6. The van der Waals surface area contributed by atoms with Crippen LogP contribution in [0.5, 0.6) is 0 Å². The number of fused-ring (bicyclic) bond motifs is 1. The maximum Gasteiger partial charge on any atom is 0.211 e. The van der Waals surface area contributed by atoms with Crippen molar-refractivity contribution in [3.8, 4) is 0 Å². The summed E-state index contributed by atoms with van der Waals surface area (Å²) in [6.45, 7) is 5.42. The van der Waals surface area contributed by atoms with Gasteiger partial charge in [0.05, 0.1) is 6.26 Å². The Morgan fingerprint density at radius 3 is 2.71 bits per heavy atom. The van der Waals surface area contributed by atoms with Crippen molar-refractivity contribution >= 4 is 10.0 Å². The van der Waals surface area contributed by atoms with Crippen molar-refractivity contribution < 1.29 is 8.42 Å². The quantitative estimate of drug-likeness (QED) is 0.878. The van der Waals surface area contributed by atoms with Gasteiger partial charge in [-0.2, -0.15) is 4.31 Å². The second-order valence-electron chi connectivity index (χ2n) is 5.06. The summed E-state index contributed by atoms with van der Waals surface area (Å²) in [7, 11) is -3.09. The maximum absolute atomic E-state index is 11.7. The predicted octanol–water partition coefficient (Wildman–Crippen LogP) is 1.85. The second kappa shape index (κ2) is 4.46. The lowest BCUT2D eigenvalue weighted by atomic mass is 10.00. The molecule has 0 spiro atoms. The molecule has 0 unspecified atom stereocenters. The highest BCUT2D eigenvalue weighted by molar-refractivity contribution is 7.88. The molecule has 0 fully saturated rings. The van der Waals surface area contributed by atoms with Crippen molar-refractivity contribution in [1.82, 2.24) is 9.29 Å². The van der Waals surface area contributed by atoms with Gasteiger partial charge in [0.1, 0.15) is 0 Å². The van der Waals surface area contributed by atoms with Crippen LogP contribution < -0.4 is 0 Å². The Morgan fingerprint density at radius 1 is 1.41 bits per heavy atom. The van der Waals surface area contributed by atoms with Crippen LogP contribution >= 0.6 is 0 Å². The summed E-state index contributed by atoms with van der Waals surface area (Å²) in [4.78, 5) is 3.30. The highest BCUT2D eigenvalue weighted by Gasteiger charge is 2.24. The number of aryl methyl sites for hydroxylation is 1. The van der Waals surface area contributed by atoms with Gasteiger partial charge in [0.2, 0.25) is 10.0 Å². The molecule has 0 radical (unpaired) electrons. The number of hydrogen-bond acceptors (Lipinski definition) is 2. The van der Waals surface area contributed by atoms with E-state index in [1.54, 1.807) is 4.31 Å². The van der Waals surface area contributed by atoms with Crippen molar-refractivity contribution in [3.63, 3.8) is 0 Å². The fourth-order valence-corrected chi connectivity index (χ4v) is 3.23. The first-order valence-electron chi connectivity index (χ1n) is 6.03. The third-order valence-corrected chi connectivity index (χ3v) is 4.62. The monoisotopic (exact) mass is 256 g/mol. The minimum absolute atomic E-state index is 0.425. The first kappa shape index (κ1) is 12.6. The molecule has 4 nitrogen and oxygen atoms in total. The molecule has 0 amide bonds. The first-order chi connectivity index (χ1) is 7.89. The van der Waals surface area contributed by atoms with Gasteiger partial charge in [-0.1, -0.05) is 13.8 Å². The molecule has 2 heterocycles. The van der Waals surface area contributed by atoms with Crippen LogP contribution in [-0.2, 0) is 23.0 Å². The first-order valence-corrected chi connectivity index (χ1v) is 7.88. The van der Waals surface area contributed by atoms with E-state index in [4.69, 9.17) is 0 Å². The van der Waals surface area contributed by atoms with E-state index < -0.39 is 10.0 Å². The number of nitrogens with zero attached hydrogens (tertiary/aromatic N) is 1. The molecular weight excluding hydrogens is 236 g/mol. The summed E-state index contributed by atoms with van der Waals surface area (Å²) in [6, 6.07) is 0. The van der Waals surface area contributed by atoms with Crippen molar-refractivity contribution in [2.75, 3.05) is 12.8 Å². The number of rotatable bonds is 2. The average molecular weight is 256 g/mol. The molecule has 0 saturated carbocycles. The number of sulfonamides is 1.